The topological polar surface area (TPSA) is 32.3 Å². The molecule has 1 amide bonds. The summed E-state index contributed by atoms with van der Waals surface area (Å²) in [5, 5.41) is 3.29. The van der Waals surface area contributed by atoms with E-state index in [1.807, 2.05) is 25.1 Å². The van der Waals surface area contributed by atoms with E-state index < -0.39 is 0 Å². The predicted octanol–water partition coefficient (Wildman–Crippen LogP) is 2.30. The second-order valence-corrected chi connectivity index (χ2v) is 4.18. The van der Waals surface area contributed by atoms with E-state index in [-0.39, 0.29) is 5.91 Å². The van der Waals surface area contributed by atoms with Crippen molar-refractivity contribution in [2.45, 2.75) is 13.3 Å². The Balaban J connectivity index is 2.21. The van der Waals surface area contributed by atoms with Gasteiger partial charge in [-0.2, -0.15) is 0 Å². The van der Waals surface area contributed by atoms with Crippen molar-refractivity contribution in [1.82, 2.24) is 4.90 Å². The summed E-state index contributed by atoms with van der Waals surface area (Å²) >= 11 is 0. The second kappa shape index (κ2) is 5.04. The molecule has 0 fully saturated rings. The van der Waals surface area contributed by atoms with E-state index in [1.54, 1.807) is 11.0 Å². The summed E-state index contributed by atoms with van der Waals surface area (Å²) in [5.74, 6) is 0.0731. The van der Waals surface area contributed by atoms with Crippen LogP contribution >= 0.6 is 0 Å². The molecule has 90 valence electrons. The van der Waals surface area contributed by atoms with Gasteiger partial charge in [-0.1, -0.05) is 12.1 Å². The van der Waals surface area contributed by atoms with Crippen molar-refractivity contribution in [2.24, 2.45) is 0 Å². The summed E-state index contributed by atoms with van der Waals surface area (Å²) in [6, 6.07) is 5.92. The number of fused-ring (bicyclic) bond motifs is 1. The van der Waals surface area contributed by atoms with E-state index in [4.69, 9.17) is 0 Å². The number of hydrogen-bond acceptors (Lipinski definition) is 2. The minimum absolute atomic E-state index is 0.0731. The zero-order chi connectivity index (χ0) is 12.3. The third kappa shape index (κ3) is 2.33. The maximum Gasteiger partial charge on any atom is 0.254 e. The molecular formula is C14H18N2O. The quantitative estimate of drug-likeness (QED) is 0.805. The lowest BCUT2D eigenvalue weighted by atomic mass is 10.1. The number of likely N-dealkylation sites (N-methyl/N-ethyl adjacent to an activating group) is 1. The second-order valence-electron chi connectivity index (χ2n) is 4.18. The van der Waals surface area contributed by atoms with E-state index in [0.717, 1.165) is 24.2 Å². The molecular weight excluding hydrogens is 212 g/mol. The summed E-state index contributed by atoms with van der Waals surface area (Å²) in [4.78, 5) is 14.0. The van der Waals surface area contributed by atoms with Gasteiger partial charge in [0.2, 0.25) is 0 Å². The number of hydrogen-bond donors (Lipinski definition) is 1. The fourth-order valence-corrected chi connectivity index (χ4v) is 2.12. The molecule has 0 saturated heterocycles. The molecule has 1 aliphatic rings. The Bertz CT molecular complexity index is 440. The highest BCUT2D eigenvalue weighted by molar-refractivity contribution is 5.95. The SMILES string of the molecule is C=CCN(CC)C(=O)c1ccc2c(c1)NCC2. The summed E-state index contributed by atoms with van der Waals surface area (Å²) in [7, 11) is 0. The Morgan fingerprint density at radius 3 is 3.12 bits per heavy atom. The van der Waals surface area contributed by atoms with Gasteiger partial charge in [0.25, 0.3) is 5.91 Å². The number of nitrogens with zero attached hydrogens (tertiary/aromatic N) is 1. The Kier molecular flexibility index (Phi) is 3.47. The Labute approximate surface area is 102 Å². The van der Waals surface area contributed by atoms with Crippen molar-refractivity contribution in [3.8, 4) is 0 Å². The largest absolute Gasteiger partial charge is 0.384 e. The van der Waals surface area contributed by atoms with Crippen LogP contribution in [0.5, 0.6) is 0 Å². The van der Waals surface area contributed by atoms with Gasteiger partial charge in [0, 0.05) is 30.9 Å². The first-order valence-corrected chi connectivity index (χ1v) is 6.03. The molecule has 0 spiro atoms. The molecule has 1 aromatic rings. The van der Waals surface area contributed by atoms with Crippen LogP contribution in [0.2, 0.25) is 0 Å². The van der Waals surface area contributed by atoms with Gasteiger partial charge in [-0.3, -0.25) is 4.79 Å². The van der Waals surface area contributed by atoms with Gasteiger partial charge in [-0.15, -0.1) is 6.58 Å². The van der Waals surface area contributed by atoms with Gasteiger partial charge in [0.15, 0.2) is 0 Å². The molecule has 1 heterocycles. The van der Waals surface area contributed by atoms with Crippen LogP contribution in [0.1, 0.15) is 22.8 Å². The minimum Gasteiger partial charge on any atom is -0.384 e. The molecule has 0 aromatic heterocycles. The number of nitrogens with one attached hydrogen (secondary N) is 1. The molecule has 0 aliphatic carbocycles. The zero-order valence-electron chi connectivity index (χ0n) is 10.2. The molecule has 1 aromatic carbocycles. The normalized spacial score (nSPS) is 12.8. The van der Waals surface area contributed by atoms with Crippen LogP contribution in [-0.4, -0.2) is 30.4 Å². The monoisotopic (exact) mass is 230 g/mol. The highest BCUT2D eigenvalue weighted by Crippen LogP contribution is 2.23. The standard InChI is InChI=1S/C14H18N2O/c1-3-9-16(4-2)14(17)12-6-5-11-7-8-15-13(11)10-12/h3,5-6,10,15H,1,4,7-9H2,2H3. The average molecular weight is 230 g/mol. The lowest BCUT2D eigenvalue weighted by Crippen LogP contribution is -2.30. The Hall–Kier alpha value is -1.77. The summed E-state index contributed by atoms with van der Waals surface area (Å²) in [5.41, 5.74) is 3.15. The molecule has 0 radical (unpaired) electrons. The van der Waals surface area contributed by atoms with Gasteiger partial charge in [0.05, 0.1) is 0 Å². The predicted molar refractivity (Wildman–Crippen MR) is 70.4 cm³/mol. The molecule has 17 heavy (non-hydrogen) atoms. The first-order valence-electron chi connectivity index (χ1n) is 6.03. The van der Waals surface area contributed by atoms with Crippen LogP contribution in [0.15, 0.2) is 30.9 Å². The zero-order valence-corrected chi connectivity index (χ0v) is 10.2. The van der Waals surface area contributed by atoms with Crippen LogP contribution in [-0.2, 0) is 6.42 Å². The van der Waals surface area contributed by atoms with Crippen LogP contribution in [0.25, 0.3) is 0 Å². The third-order valence-electron chi connectivity index (χ3n) is 3.09. The number of anilines is 1. The number of carbonyl (C=O) groups excluding carboxylic acids is 1. The van der Waals surface area contributed by atoms with Crippen molar-refractivity contribution in [3.63, 3.8) is 0 Å². The maximum atomic E-state index is 12.2. The lowest BCUT2D eigenvalue weighted by molar-refractivity contribution is 0.0782. The highest BCUT2D eigenvalue weighted by atomic mass is 16.2. The van der Waals surface area contributed by atoms with E-state index in [1.165, 1.54) is 5.56 Å². The van der Waals surface area contributed by atoms with Crippen LogP contribution < -0.4 is 5.32 Å². The van der Waals surface area contributed by atoms with E-state index in [9.17, 15) is 4.79 Å². The van der Waals surface area contributed by atoms with Gasteiger partial charge in [-0.25, -0.2) is 0 Å². The van der Waals surface area contributed by atoms with E-state index >= 15 is 0 Å². The molecule has 0 saturated carbocycles. The fraction of sp³-hybridized carbons (Fsp3) is 0.357. The molecule has 0 unspecified atom stereocenters. The summed E-state index contributed by atoms with van der Waals surface area (Å²) in [6.45, 7) is 7.93. The molecule has 0 bridgehead atoms. The maximum absolute atomic E-state index is 12.2. The first kappa shape index (κ1) is 11.7. The van der Waals surface area contributed by atoms with Crippen LogP contribution in [0, 0.1) is 0 Å². The van der Waals surface area contributed by atoms with E-state index in [2.05, 4.69) is 11.9 Å². The van der Waals surface area contributed by atoms with Crippen LogP contribution in [0.4, 0.5) is 5.69 Å². The summed E-state index contributed by atoms with van der Waals surface area (Å²) in [6.07, 6.45) is 2.81. The molecule has 1 aliphatic heterocycles. The number of benzene rings is 1. The van der Waals surface area contributed by atoms with Crippen molar-refractivity contribution < 1.29 is 4.79 Å². The minimum atomic E-state index is 0.0731. The molecule has 3 heteroatoms. The first-order chi connectivity index (χ1) is 8.26. The Morgan fingerprint density at radius 1 is 1.59 bits per heavy atom. The summed E-state index contributed by atoms with van der Waals surface area (Å²) < 4.78 is 0. The average Bonchev–Trinajstić information content (AvgIpc) is 2.82. The highest BCUT2D eigenvalue weighted by Gasteiger charge is 2.16. The smallest absolute Gasteiger partial charge is 0.254 e. The van der Waals surface area contributed by atoms with Crippen molar-refractivity contribution in [1.29, 1.82) is 0 Å². The molecule has 2 rings (SSSR count). The lowest BCUT2D eigenvalue weighted by Gasteiger charge is -2.19. The van der Waals surface area contributed by atoms with Crippen molar-refractivity contribution in [2.75, 3.05) is 25.0 Å². The Morgan fingerprint density at radius 2 is 2.41 bits per heavy atom. The molecule has 0 atom stereocenters. The fourth-order valence-electron chi connectivity index (χ4n) is 2.12. The number of amides is 1. The van der Waals surface area contributed by atoms with Gasteiger partial charge >= 0.3 is 0 Å². The van der Waals surface area contributed by atoms with E-state index in [0.29, 0.717) is 13.1 Å². The van der Waals surface area contributed by atoms with Gasteiger partial charge in [-0.05, 0) is 31.0 Å². The third-order valence-corrected chi connectivity index (χ3v) is 3.09. The number of carbonyl (C=O) groups is 1. The van der Waals surface area contributed by atoms with Crippen molar-refractivity contribution in [3.05, 3.63) is 42.0 Å². The van der Waals surface area contributed by atoms with Gasteiger partial charge < -0.3 is 10.2 Å². The molecule has 3 nitrogen and oxygen atoms in total. The number of rotatable bonds is 4. The van der Waals surface area contributed by atoms with Gasteiger partial charge in [0.1, 0.15) is 0 Å². The molecule has 1 N–H and O–H groups in total. The van der Waals surface area contributed by atoms with Crippen LogP contribution in [0.3, 0.4) is 0 Å². The van der Waals surface area contributed by atoms with Crippen molar-refractivity contribution >= 4 is 11.6 Å².